The molecule has 0 aliphatic rings. The molecule has 0 aliphatic heterocycles. The lowest BCUT2D eigenvalue weighted by molar-refractivity contribution is -0.137. The van der Waals surface area contributed by atoms with Gasteiger partial charge >= 0.3 is 5.97 Å². The molecular weight excluding hydrogens is 208 g/mol. The van der Waals surface area contributed by atoms with Crippen LogP contribution in [0.1, 0.15) is 39.5 Å². The van der Waals surface area contributed by atoms with Crippen molar-refractivity contribution in [2.45, 2.75) is 45.6 Å². The first-order chi connectivity index (χ1) is 7.45. The number of amides is 1. The molecule has 1 unspecified atom stereocenters. The van der Waals surface area contributed by atoms with E-state index < -0.39 is 12.0 Å². The number of carboxylic acid groups (broad SMARTS) is 1. The first kappa shape index (κ1) is 14.9. The van der Waals surface area contributed by atoms with Crippen LogP contribution in [0.3, 0.4) is 0 Å². The molecule has 0 radical (unpaired) electrons. The second-order valence-corrected chi connectivity index (χ2v) is 4.27. The zero-order valence-electron chi connectivity index (χ0n) is 10.0. The number of carbonyl (C=O) groups excluding carboxylic acids is 1. The number of rotatable bonds is 8. The van der Waals surface area contributed by atoms with Crippen molar-refractivity contribution in [2.75, 3.05) is 6.54 Å². The summed E-state index contributed by atoms with van der Waals surface area (Å²) in [4.78, 5) is 21.6. The van der Waals surface area contributed by atoms with Crippen molar-refractivity contribution in [3.63, 3.8) is 0 Å². The maximum atomic E-state index is 11.4. The SMILES string of the molecule is CC(C)C(N)C(=O)NCCCCCC(=O)O. The van der Waals surface area contributed by atoms with Gasteiger partial charge in [0.25, 0.3) is 0 Å². The third-order valence-corrected chi connectivity index (χ3v) is 2.39. The Morgan fingerprint density at radius 3 is 2.38 bits per heavy atom. The summed E-state index contributed by atoms with van der Waals surface area (Å²) >= 11 is 0. The van der Waals surface area contributed by atoms with Crippen LogP contribution in [0, 0.1) is 5.92 Å². The van der Waals surface area contributed by atoms with Gasteiger partial charge < -0.3 is 16.2 Å². The van der Waals surface area contributed by atoms with Gasteiger partial charge in [-0.3, -0.25) is 9.59 Å². The van der Waals surface area contributed by atoms with Gasteiger partial charge in [-0.1, -0.05) is 20.3 Å². The average Bonchev–Trinajstić information content (AvgIpc) is 2.21. The van der Waals surface area contributed by atoms with Crippen molar-refractivity contribution >= 4 is 11.9 Å². The third-order valence-electron chi connectivity index (χ3n) is 2.39. The van der Waals surface area contributed by atoms with Crippen LogP contribution in [0.4, 0.5) is 0 Å². The highest BCUT2D eigenvalue weighted by Crippen LogP contribution is 2.00. The Kier molecular flexibility index (Phi) is 7.54. The van der Waals surface area contributed by atoms with Gasteiger partial charge in [-0.2, -0.15) is 0 Å². The zero-order chi connectivity index (χ0) is 12.6. The van der Waals surface area contributed by atoms with Gasteiger partial charge in [0.05, 0.1) is 6.04 Å². The maximum absolute atomic E-state index is 11.4. The second kappa shape index (κ2) is 8.10. The Hall–Kier alpha value is -1.10. The standard InChI is InChI=1S/C11H22N2O3/c1-8(2)10(12)11(16)13-7-5-3-4-6-9(14)15/h8,10H,3-7,12H2,1-2H3,(H,13,16)(H,14,15). The Bertz CT molecular complexity index is 229. The highest BCUT2D eigenvalue weighted by Gasteiger charge is 2.15. The van der Waals surface area contributed by atoms with E-state index >= 15 is 0 Å². The molecule has 0 saturated carbocycles. The highest BCUT2D eigenvalue weighted by molar-refractivity contribution is 5.81. The van der Waals surface area contributed by atoms with Crippen LogP contribution in [0.25, 0.3) is 0 Å². The topological polar surface area (TPSA) is 92.4 Å². The van der Waals surface area contributed by atoms with Crippen LogP contribution in [0.2, 0.25) is 0 Å². The van der Waals surface area contributed by atoms with Crippen LogP contribution in [0.15, 0.2) is 0 Å². The molecule has 0 rings (SSSR count). The van der Waals surface area contributed by atoms with Gasteiger partial charge in [-0.15, -0.1) is 0 Å². The summed E-state index contributed by atoms with van der Waals surface area (Å²) < 4.78 is 0. The minimum atomic E-state index is -0.772. The van der Waals surface area contributed by atoms with E-state index in [-0.39, 0.29) is 18.2 Å². The summed E-state index contributed by atoms with van der Waals surface area (Å²) in [6.45, 7) is 4.37. The van der Waals surface area contributed by atoms with E-state index in [0.29, 0.717) is 13.0 Å². The molecule has 4 N–H and O–H groups in total. The zero-order valence-corrected chi connectivity index (χ0v) is 10.0. The van der Waals surface area contributed by atoms with E-state index in [1.54, 1.807) is 0 Å². The minimum absolute atomic E-state index is 0.131. The molecular formula is C11H22N2O3. The minimum Gasteiger partial charge on any atom is -0.481 e. The van der Waals surface area contributed by atoms with Crippen molar-refractivity contribution in [3.8, 4) is 0 Å². The molecule has 16 heavy (non-hydrogen) atoms. The average molecular weight is 230 g/mol. The van der Waals surface area contributed by atoms with Gasteiger partial charge in [-0.25, -0.2) is 0 Å². The highest BCUT2D eigenvalue weighted by atomic mass is 16.4. The fourth-order valence-electron chi connectivity index (χ4n) is 1.21. The number of carbonyl (C=O) groups is 2. The Morgan fingerprint density at radius 2 is 1.88 bits per heavy atom. The van der Waals surface area contributed by atoms with E-state index in [1.165, 1.54) is 0 Å². The Labute approximate surface area is 96.4 Å². The van der Waals surface area contributed by atoms with Gasteiger partial charge in [0.2, 0.25) is 5.91 Å². The molecule has 0 spiro atoms. The Morgan fingerprint density at radius 1 is 1.25 bits per heavy atom. The van der Waals surface area contributed by atoms with Crippen molar-refractivity contribution in [1.82, 2.24) is 5.32 Å². The summed E-state index contributed by atoms with van der Waals surface area (Å²) in [7, 11) is 0. The summed E-state index contributed by atoms with van der Waals surface area (Å²) in [5, 5.41) is 11.1. The molecule has 0 aliphatic carbocycles. The van der Waals surface area contributed by atoms with Crippen LogP contribution >= 0.6 is 0 Å². The third kappa shape index (κ3) is 7.23. The lowest BCUT2D eigenvalue weighted by Gasteiger charge is -2.15. The molecule has 0 aromatic carbocycles. The Balaban J connectivity index is 3.45. The molecule has 0 fully saturated rings. The number of hydrogen-bond acceptors (Lipinski definition) is 3. The molecule has 5 nitrogen and oxygen atoms in total. The van der Waals surface area contributed by atoms with E-state index in [1.807, 2.05) is 13.8 Å². The molecule has 0 aromatic rings. The lowest BCUT2D eigenvalue weighted by atomic mass is 10.1. The number of nitrogens with two attached hydrogens (primary N) is 1. The molecule has 1 amide bonds. The van der Waals surface area contributed by atoms with Crippen molar-refractivity contribution in [2.24, 2.45) is 11.7 Å². The van der Waals surface area contributed by atoms with Crippen molar-refractivity contribution < 1.29 is 14.7 Å². The van der Waals surface area contributed by atoms with Gasteiger partial charge in [0.1, 0.15) is 0 Å². The van der Waals surface area contributed by atoms with Crippen LogP contribution in [0.5, 0.6) is 0 Å². The van der Waals surface area contributed by atoms with Crippen LogP contribution in [-0.2, 0) is 9.59 Å². The second-order valence-electron chi connectivity index (χ2n) is 4.27. The number of hydrogen-bond donors (Lipinski definition) is 3. The summed E-state index contributed by atoms with van der Waals surface area (Å²) in [6, 6.07) is -0.459. The van der Waals surface area contributed by atoms with E-state index in [4.69, 9.17) is 10.8 Å². The summed E-state index contributed by atoms with van der Waals surface area (Å²) in [5.41, 5.74) is 5.65. The van der Waals surface area contributed by atoms with E-state index in [9.17, 15) is 9.59 Å². The van der Waals surface area contributed by atoms with E-state index in [2.05, 4.69) is 5.32 Å². The molecule has 5 heteroatoms. The first-order valence-electron chi connectivity index (χ1n) is 5.70. The molecule has 94 valence electrons. The quantitative estimate of drug-likeness (QED) is 0.536. The smallest absolute Gasteiger partial charge is 0.303 e. The number of carboxylic acids is 1. The van der Waals surface area contributed by atoms with E-state index in [0.717, 1.165) is 12.8 Å². The molecule has 0 heterocycles. The van der Waals surface area contributed by atoms with Crippen molar-refractivity contribution in [3.05, 3.63) is 0 Å². The fraction of sp³-hybridized carbons (Fsp3) is 0.818. The number of nitrogens with one attached hydrogen (secondary N) is 1. The predicted molar refractivity (Wildman–Crippen MR) is 61.9 cm³/mol. The molecule has 0 aromatic heterocycles. The van der Waals surface area contributed by atoms with Gasteiger partial charge in [-0.05, 0) is 18.8 Å². The molecule has 0 bridgehead atoms. The molecule has 0 saturated heterocycles. The van der Waals surface area contributed by atoms with Gasteiger partial charge in [0, 0.05) is 13.0 Å². The predicted octanol–water partition coefficient (Wildman–Crippen LogP) is 0.731. The lowest BCUT2D eigenvalue weighted by Crippen LogP contribution is -2.44. The van der Waals surface area contributed by atoms with Crippen LogP contribution < -0.4 is 11.1 Å². The fourth-order valence-corrected chi connectivity index (χ4v) is 1.21. The summed E-state index contributed by atoms with van der Waals surface area (Å²) in [5.74, 6) is -0.772. The first-order valence-corrected chi connectivity index (χ1v) is 5.70. The van der Waals surface area contributed by atoms with Gasteiger partial charge in [0.15, 0.2) is 0 Å². The van der Waals surface area contributed by atoms with Crippen molar-refractivity contribution in [1.29, 1.82) is 0 Å². The normalized spacial score (nSPS) is 12.5. The maximum Gasteiger partial charge on any atom is 0.303 e. The number of aliphatic carboxylic acids is 1. The monoisotopic (exact) mass is 230 g/mol. The molecule has 1 atom stereocenters. The largest absolute Gasteiger partial charge is 0.481 e. The van der Waals surface area contributed by atoms with Crippen LogP contribution in [-0.4, -0.2) is 29.6 Å². The number of unbranched alkanes of at least 4 members (excludes halogenated alkanes) is 2. The summed E-state index contributed by atoms with van der Waals surface area (Å²) in [6.07, 6.45) is 2.45.